The monoisotopic (exact) mass is 289 g/mol. The van der Waals surface area contributed by atoms with Crippen molar-refractivity contribution in [2.45, 2.75) is 6.92 Å². The lowest BCUT2D eigenvalue weighted by atomic mass is 10.1. The Bertz CT molecular complexity index is 738. The smallest absolute Gasteiger partial charge is 0.276 e. The molecule has 0 saturated carbocycles. The van der Waals surface area contributed by atoms with E-state index in [9.17, 15) is 4.79 Å². The van der Waals surface area contributed by atoms with Crippen molar-refractivity contribution >= 4 is 17.2 Å². The van der Waals surface area contributed by atoms with Crippen LogP contribution >= 0.6 is 12.2 Å². The van der Waals surface area contributed by atoms with Crippen LogP contribution in [0.2, 0.25) is 0 Å². The Labute approximate surface area is 122 Å². The van der Waals surface area contributed by atoms with Crippen molar-refractivity contribution in [2.24, 2.45) is 12.8 Å². The van der Waals surface area contributed by atoms with Crippen LogP contribution in [0.25, 0.3) is 11.3 Å². The van der Waals surface area contributed by atoms with Gasteiger partial charge < -0.3 is 10.5 Å². The topological polar surface area (TPSA) is 70.1 Å². The number of aromatic nitrogens is 2. The van der Waals surface area contributed by atoms with E-state index < -0.39 is 0 Å². The van der Waals surface area contributed by atoms with Crippen molar-refractivity contribution < 1.29 is 4.74 Å². The molecule has 0 amide bonds. The van der Waals surface area contributed by atoms with Gasteiger partial charge in [0.25, 0.3) is 5.56 Å². The zero-order valence-corrected chi connectivity index (χ0v) is 12.3. The van der Waals surface area contributed by atoms with Crippen LogP contribution < -0.4 is 16.0 Å². The Morgan fingerprint density at radius 2 is 2.10 bits per heavy atom. The molecular formula is C14H15N3O2S. The normalized spacial score (nSPS) is 10.3. The zero-order chi connectivity index (χ0) is 14.9. The molecule has 1 heterocycles. The van der Waals surface area contributed by atoms with Crippen LogP contribution in [-0.4, -0.2) is 21.9 Å². The van der Waals surface area contributed by atoms with E-state index in [1.165, 1.54) is 4.68 Å². The maximum atomic E-state index is 11.9. The lowest BCUT2D eigenvalue weighted by molar-refractivity contribution is 0.416. The minimum absolute atomic E-state index is 0.0564. The van der Waals surface area contributed by atoms with Gasteiger partial charge in [-0.1, -0.05) is 23.8 Å². The molecule has 2 aromatic rings. The minimum atomic E-state index is -0.312. The standard InChI is InChI=1S/C14H15N3O2S/c1-8-4-5-12(19-3)9(6-8)11-7-10(13(15)20)14(18)17(2)16-11/h4-7H,1-3H3,(H2,15,20). The fourth-order valence-corrected chi connectivity index (χ4v) is 2.09. The Morgan fingerprint density at radius 1 is 1.40 bits per heavy atom. The second-order valence-corrected chi connectivity index (χ2v) is 4.88. The number of aryl methyl sites for hydroxylation is 2. The highest BCUT2D eigenvalue weighted by Crippen LogP contribution is 2.29. The van der Waals surface area contributed by atoms with E-state index in [4.69, 9.17) is 22.7 Å². The van der Waals surface area contributed by atoms with Crippen molar-refractivity contribution in [3.05, 3.63) is 45.7 Å². The van der Waals surface area contributed by atoms with E-state index in [0.29, 0.717) is 11.4 Å². The first kappa shape index (κ1) is 14.2. The minimum Gasteiger partial charge on any atom is -0.496 e. The molecule has 0 unspecified atom stereocenters. The highest BCUT2D eigenvalue weighted by molar-refractivity contribution is 7.80. The van der Waals surface area contributed by atoms with Gasteiger partial charge in [-0.2, -0.15) is 5.10 Å². The Morgan fingerprint density at radius 3 is 2.70 bits per heavy atom. The lowest BCUT2D eigenvalue weighted by Crippen LogP contribution is -2.29. The zero-order valence-electron chi connectivity index (χ0n) is 11.5. The summed E-state index contributed by atoms with van der Waals surface area (Å²) in [5, 5.41) is 4.24. The van der Waals surface area contributed by atoms with Crippen LogP contribution in [0.4, 0.5) is 0 Å². The van der Waals surface area contributed by atoms with E-state index >= 15 is 0 Å². The number of hydrogen-bond donors (Lipinski definition) is 1. The summed E-state index contributed by atoms with van der Waals surface area (Å²) < 4.78 is 6.56. The number of ether oxygens (including phenoxy) is 1. The third-order valence-electron chi connectivity index (χ3n) is 2.96. The van der Waals surface area contributed by atoms with Gasteiger partial charge >= 0.3 is 0 Å². The summed E-state index contributed by atoms with van der Waals surface area (Å²) in [5.74, 6) is 0.677. The van der Waals surface area contributed by atoms with Gasteiger partial charge in [0.05, 0.1) is 18.4 Å². The van der Waals surface area contributed by atoms with Crippen molar-refractivity contribution in [1.29, 1.82) is 0 Å². The second-order valence-electron chi connectivity index (χ2n) is 4.44. The highest BCUT2D eigenvalue weighted by Gasteiger charge is 2.13. The third-order valence-corrected chi connectivity index (χ3v) is 3.18. The molecule has 0 saturated heterocycles. The average Bonchev–Trinajstić information content (AvgIpc) is 2.41. The van der Waals surface area contributed by atoms with E-state index in [1.807, 2.05) is 25.1 Å². The van der Waals surface area contributed by atoms with Gasteiger partial charge in [-0.25, -0.2) is 4.68 Å². The van der Waals surface area contributed by atoms with Crippen molar-refractivity contribution in [3.8, 4) is 17.0 Å². The maximum absolute atomic E-state index is 11.9. The molecule has 1 aromatic carbocycles. The number of nitrogens with two attached hydrogens (primary N) is 1. The number of thiocarbonyl (C=S) groups is 1. The van der Waals surface area contributed by atoms with Crippen molar-refractivity contribution in [2.75, 3.05) is 7.11 Å². The fraction of sp³-hybridized carbons (Fsp3) is 0.214. The van der Waals surface area contributed by atoms with Crippen molar-refractivity contribution in [1.82, 2.24) is 9.78 Å². The summed E-state index contributed by atoms with van der Waals surface area (Å²) in [6, 6.07) is 7.34. The van der Waals surface area contributed by atoms with E-state index in [0.717, 1.165) is 11.1 Å². The Hall–Kier alpha value is -2.21. The number of benzene rings is 1. The quantitative estimate of drug-likeness (QED) is 0.865. The summed E-state index contributed by atoms with van der Waals surface area (Å²) in [7, 11) is 3.15. The molecule has 0 radical (unpaired) electrons. The van der Waals surface area contributed by atoms with Crippen LogP contribution in [0.5, 0.6) is 5.75 Å². The van der Waals surface area contributed by atoms with Crippen LogP contribution in [0.3, 0.4) is 0 Å². The molecule has 2 rings (SSSR count). The van der Waals surface area contributed by atoms with Gasteiger partial charge in [-0.05, 0) is 25.1 Å². The molecule has 0 aliphatic rings. The van der Waals surface area contributed by atoms with Gasteiger partial charge in [0, 0.05) is 12.6 Å². The summed E-state index contributed by atoms with van der Waals surface area (Å²) in [6.45, 7) is 1.97. The fourth-order valence-electron chi connectivity index (χ4n) is 1.94. The largest absolute Gasteiger partial charge is 0.496 e. The van der Waals surface area contributed by atoms with Gasteiger partial charge in [0.2, 0.25) is 0 Å². The Kier molecular flexibility index (Phi) is 3.85. The molecule has 0 aliphatic heterocycles. The predicted octanol–water partition coefficient (Wildman–Crippen LogP) is 1.40. The molecular weight excluding hydrogens is 274 g/mol. The number of hydrogen-bond acceptors (Lipinski definition) is 4. The highest BCUT2D eigenvalue weighted by atomic mass is 32.1. The summed E-state index contributed by atoms with van der Waals surface area (Å²) in [4.78, 5) is 12.0. The second kappa shape index (κ2) is 5.42. The van der Waals surface area contributed by atoms with E-state index in [-0.39, 0.29) is 16.1 Å². The molecule has 1 aromatic heterocycles. The average molecular weight is 289 g/mol. The first-order valence-electron chi connectivity index (χ1n) is 5.97. The Balaban J connectivity index is 2.73. The third kappa shape index (κ3) is 2.55. The molecule has 0 spiro atoms. The van der Waals surface area contributed by atoms with E-state index in [2.05, 4.69) is 5.10 Å². The summed E-state index contributed by atoms with van der Waals surface area (Å²) >= 11 is 4.91. The molecule has 20 heavy (non-hydrogen) atoms. The van der Waals surface area contributed by atoms with Crippen molar-refractivity contribution in [3.63, 3.8) is 0 Å². The molecule has 0 atom stereocenters. The number of methoxy groups -OCH3 is 1. The molecule has 104 valence electrons. The molecule has 6 heteroatoms. The van der Waals surface area contributed by atoms with Crippen LogP contribution in [0.1, 0.15) is 11.1 Å². The first-order valence-corrected chi connectivity index (χ1v) is 6.38. The molecule has 0 bridgehead atoms. The van der Waals surface area contributed by atoms with Crippen LogP contribution in [0.15, 0.2) is 29.1 Å². The summed E-state index contributed by atoms with van der Waals surface area (Å²) in [6.07, 6.45) is 0. The molecule has 5 nitrogen and oxygen atoms in total. The van der Waals surface area contributed by atoms with Gasteiger partial charge in [0.1, 0.15) is 10.7 Å². The molecule has 0 fully saturated rings. The molecule has 2 N–H and O–H groups in total. The van der Waals surface area contributed by atoms with Gasteiger partial charge in [-0.3, -0.25) is 4.79 Å². The van der Waals surface area contributed by atoms with Crippen LogP contribution in [-0.2, 0) is 7.05 Å². The maximum Gasteiger partial charge on any atom is 0.276 e. The predicted molar refractivity (Wildman–Crippen MR) is 82.1 cm³/mol. The lowest BCUT2D eigenvalue weighted by Gasteiger charge is -2.11. The SMILES string of the molecule is COc1ccc(C)cc1-c1cc(C(N)=S)c(=O)n(C)n1. The van der Waals surface area contributed by atoms with Crippen LogP contribution in [0, 0.1) is 6.92 Å². The number of rotatable bonds is 3. The summed E-state index contributed by atoms with van der Waals surface area (Å²) in [5.41, 5.74) is 8.00. The van der Waals surface area contributed by atoms with E-state index in [1.54, 1.807) is 20.2 Å². The van der Waals surface area contributed by atoms with Gasteiger partial charge in [-0.15, -0.1) is 0 Å². The van der Waals surface area contributed by atoms with Gasteiger partial charge in [0.15, 0.2) is 0 Å². The molecule has 0 aliphatic carbocycles. The number of nitrogens with zero attached hydrogens (tertiary/aromatic N) is 2. The first-order chi connectivity index (χ1) is 9.43.